The fourth-order valence-corrected chi connectivity index (χ4v) is 1.59. The van der Waals surface area contributed by atoms with Crippen LogP contribution in [0, 0.1) is 18.3 Å². The lowest BCUT2D eigenvalue weighted by atomic mass is 10.3. The smallest absolute Gasteiger partial charge is 0.224 e. The van der Waals surface area contributed by atoms with Crippen LogP contribution in [-0.2, 0) is 10.0 Å². The molecular weight excluding hydrogens is 242 g/mol. The lowest BCUT2D eigenvalue weighted by Gasteiger charge is -2.06. The summed E-state index contributed by atoms with van der Waals surface area (Å²) in [5.74, 6) is 0.317. The van der Waals surface area contributed by atoms with Crippen molar-refractivity contribution in [2.24, 2.45) is 0 Å². The molecule has 1 heterocycles. The van der Waals surface area contributed by atoms with Gasteiger partial charge in [0.05, 0.1) is 6.26 Å². The molecule has 0 amide bonds. The third-order valence-corrected chi connectivity index (χ3v) is 2.47. The minimum Gasteiger partial charge on any atom is -0.353 e. The second-order valence-corrected chi connectivity index (χ2v) is 5.26. The van der Waals surface area contributed by atoms with Crippen LogP contribution in [0.5, 0.6) is 0 Å². The van der Waals surface area contributed by atoms with E-state index in [0.717, 1.165) is 6.26 Å². The zero-order valence-electron chi connectivity index (χ0n) is 9.56. The van der Waals surface area contributed by atoms with Crippen LogP contribution in [0.3, 0.4) is 0 Å². The first kappa shape index (κ1) is 13.3. The molecule has 0 spiro atoms. The maximum atomic E-state index is 10.8. The second-order valence-electron chi connectivity index (χ2n) is 3.42. The summed E-state index contributed by atoms with van der Waals surface area (Å²) >= 11 is 0. The van der Waals surface area contributed by atoms with Crippen molar-refractivity contribution in [1.29, 1.82) is 5.26 Å². The van der Waals surface area contributed by atoms with Gasteiger partial charge in [0.15, 0.2) is 0 Å². The van der Waals surface area contributed by atoms with E-state index in [9.17, 15) is 8.42 Å². The van der Waals surface area contributed by atoms with Crippen molar-refractivity contribution in [3.8, 4) is 6.07 Å². The molecule has 1 aromatic heterocycles. The summed E-state index contributed by atoms with van der Waals surface area (Å²) in [4.78, 5) is 7.99. The summed E-state index contributed by atoms with van der Waals surface area (Å²) in [6.07, 6.45) is 1.09. The van der Waals surface area contributed by atoms with Gasteiger partial charge >= 0.3 is 0 Å². The minimum atomic E-state index is -3.18. The first-order valence-corrected chi connectivity index (χ1v) is 6.74. The van der Waals surface area contributed by atoms with E-state index in [-0.39, 0.29) is 12.2 Å². The maximum Gasteiger partial charge on any atom is 0.224 e. The van der Waals surface area contributed by atoms with Gasteiger partial charge in [-0.2, -0.15) is 5.26 Å². The Balaban J connectivity index is 2.53. The van der Waals surface area contributed by atoms with Gasteiger partial charge in [-0.1, -0.05) is 0 Å². The molecule has 92 valence electrons. The van der Waals surface area contributed by atoms with E-state index in [0.29, 0.717) is 18.2 Å². The largest absolute Gasteiger partial charge is 0.353 e. The van der Waals surface area contributed by atoms with Gasteiger partial charge in [-0.3, -0.25) is 0 Å². The molecule has 2 N–H and O–H groups in total. The Kier molecular flexibility index (Phi) is 4.37. The van der Waals surface area contributed by atoms with Gasteiger partial charge in [0, 0.05) is 18.8 Å². The quantitative estimate of drug-likeness (QED) is 0.694. The van der Waals surface area contributed by atoms with Crippen molar-refractivity contribution in [3.63, 3.8) is 0 Å². The molecule has 1 aromatic rings. The molecule has 0 unspecified atom stereocenters. The number of hydrogen-bond donors (Lipinski definition) is 2. The van der Waals surface area contributed by atoms with Crippen molar-refractivity contribution >= 4 is 16.0 Å². The standard InChI is InChI=1S/C9H13N5O2S/c1-7-5-8(6-10)14-9(13-7)11-3-4-12-17(2,15)16/h5,12H,3-4H2,1-2H3,(H,11,13,14). The first-order valence-electron chi connectivity index (χ1n) is 4.85. The predicted octanol–water partition coefficient (Wildman–Crippen LogP) is -0.382. The van der Waals surface area contributed by atoms with E-state index in [4.69, 9.17) is 5.26 Å². The molecule has 0 bridgehead atoms. The topological polar surface area (TPSA) is 108 Å². The maximum absolute atomic E-state index is 10.8. The Morgan fingerprint density at radius 1 is 1.41 bits per heavy atom. The number of nitrogens with one attached hydrogen (secondary N) is 2. The van der Waals surface area contributed by atoms with Gasteiger partial charge in [0.1, 0.15) is 11.8 Å². The molecule has 0 saturated heterocycles. The van der Waals surface area contributed by atoms with Crippen LogP contribution in [0.25, 0.3) is 0 Å². The highest BCUT2D eigenvalue weighted by Crippen LogP contribution is 2.02. The highest BCUT2D eigenvalue weighted by Gasteiger charge is 2.02. The van der Waals surface area contributed by atoms with Crippen LogP contribution in [0.2, 0.25) is 0 Å². The zero-order chi connectivity index (χ0) is 12.9. The predicted molar refractivity (Wildman–Crippen MR) is 62.8 cm³/mol. The lowest BCUT2D eigenvalue weighted by molar-refractivity contribution is 0.589. The van der Waals surface area contributed by atoms with Crippen LogP contribution in [-0.4, -0.2) is 37.7 Å². The van der Waals surface area contributed by atoms with E-state index in [1.165, 1.54) is 0 Å². The van der Waals surface area contributed by atoms with Crippen molar-refractivity contribution in [2.75, 3.05) is 24.7 Å². The Bertz CT molecular complexity index is 535. The molecule has 0 atom stereocenters. The van der Waals surface area contributed by atoms with Gasteiger partial charge in [-0.05, 0) is 13.0 Å². The third-order valence-electron chi connectivity index (χ3n) is 1.74. The average Bonchev–Trinajstić information content (AvgIpc) is 2.22. The number of anilines is 1. The number of aromatic nitrogens is 2. The second kappa shape index (κ2) is 5.56. The number of sulfonamides is 1. The van der Waals surface area contributed by atoms with E-state index in [1.54, 1.807) is 13.0 Å². The van der Waals surface area contributed by atoms with E-state index < -0.39 is 10.0 Å². The highest BCUT2D eigenvalue weighted by molar-refractivity contribution is 7.88. The third kappa shape index (κ3) is 5.24. The summed E-state index contributed by atoms with van der Waals surface area (Å²) in [7, 11) is -3.18. The fraction of sp³-hybridized carbons (Fsp3) is 0.444. The number of nitriles is 1. The zero-order valence-corrected chi connectivity index (χ0v) is 10.4. The Labute approximate surface area is 99.9 Å². The molecule has 0 aliphatic rings. The molecular formula is C9H13N5O2S. The van der Waals surface area contributed by atoms with Crippen molar-refractivity contribution in [2.45, 2.75) is 6.92 Å². The molecule has 0 saturated carbocycles. The van der Waals surface area contributed by atoms with Gasteiger partial charge in [-0.25, -0.2) is 23.1 Å². The van der Waals surface area contributed by atoms with Gasteiger partial charge in [-0.15, -0.1) is 0 Å². The van der Waals surface area contributed by atoms with Crippen LogP contribution >= 0.6 is 0 Å². The number of hydrogen-bond acceptors (Lipinski definition) is 6. The number of rotatable bonds is 5. The van der Waals surface area contributed by atoms with Crippen molar-refractivity contribution in [3.05, 3.63) is 17.5 Å². The Morgan fingerprint density at radius 3 is 2.71 bits per heavy atom. The van der Waals surface area contributed by atoms with Gasteiger partial charge < -0.3 is 5.32 Å². The van der Waals surface area contributed by atoms with E-state index in [2.05, 4.69) is 20.0 Å². The molecule has 0 radical (unpaired) electrons. The minimum absolute atomic E-state index is 0.234. The van der Waals surface area contributed by atoms with E-state index >= 15 is 0 Å². The monoisotopic (exact) mass is 255 g/mol. The molecule has 17 heavy (non-hydrogen) atoms. The fourth-order valence-electron chi connectivity index (χ4n) is 1.12. The van der Waals surface area contributed by atoms with Crippen LogP contribution in [0.15, 0.2) is 6.07 Å². The summed E-state index contributed by atoms with van der Waals surface area (Å²) in [5.41, 5.74) is 0.950. The lowest BCUT2D eigenvalue weighted by Crippen LogP contribution is -2.28. The molecule has 0 aromatic carbocycles. The molecule has 0 fully saturated rings. The van der Waals surface area contributed by atoms with E-state index in [1.807, 2.05) is 6.07 Å². The Hall–Kier alpha value is -1.72. The highest BCUT2D eigenvalue weighted by atomic mass is 32.2. The SMILES string of the molecule is Cc1cc(C#N)nc(NCCNS(C)(=O)=O)n1. The molecule has 7 nitrogen and oxygen atoms in total. The Morgan fingerprint density at radius 2 is 2.12 bits per heavy atom. The summed E-state index contributed by atoms with van der Waals surface area (Å²) < 4.78 is 23.9. The molecule has 0 aliphatic carbocycles. The first-order chi connectivity index (χ1) is 7.90. The van der Waals surface area contributed by atoms with Crippen LogP contribution in [0.1, 0.15) is 11.4 Å². The van der Waals surface area contributed by atoms with Crippen molar-refractivity contribution in [1.82, 2.24) is 14.7 Å². The number of aryl methyl sites for hydroxylation is 1. The van der Waals surface area contributed by atoms with Crippen molar-refractivity contribution < 1.29 is 8.42 Å². The summed E-state index contributed by atoms with van der Waals surface area (Å²) in [6.45, 7) is 2.34. The average molecular weight is 255 g/mol. The normalized spacial score (nSPS) is 10.9. The number of nitrogens with zero attached hydrogens (tertiary/aromatic N) is 3. The molecule has 8 heteroatoms. The van der Waals surface area contributed by atoms with Crippen LogP contribution < -0.4 is 10.0 Å². The van der Waals surface area contributed by atoms with Gasteiger partial charge in [0.25, 0.3) is 0 Å². The van der Waals surface area contributed by atoms with Crippen LogP contribution in [0.4, 0.5) is 5.95 Å². The summed E-state index contributed by atoms with van der Waals surface area (Å²) in [5, 5.41) is 11.5. The van der Waals surface area contributed by atoms with Gasteiger partial charge in [0.2, 0.25) is 16.0 Å². The molecule has 1 rings (SSSR count). The summed E-state index contributed by atoms with van der Waals surface area (Å²) in [6, 6.07) is 3.49. The molecule has 0 aliphatic heterocycles.